The van der Waals surface area contributed by atoms with Gasteiger partial charge in [0.15, 0.2) is 0 Å². The van der Waals surface area contributed by atoms with E-state index < -0.39 is 12.1 Å². The molecule has 0 rings (SSSR count). The first-order valence-electron chi connectivity index (χ1n) is 28.4. The zero-order chi connectivity index (χ0) is 47.2. The maximum absolute atomic E-state index is 12.4. The van der Waals surface area contributed by atoms with Crippen LogP contribution in [-0.2, 0) is 14.3 Å². The highest BCUT2D eigenvalue weighted by Crippen LogP contribution is 2.15. The first-order valence-corrected chi connectivity index (χ1v) is 28.4. The summed E-state index contributed by atoms with van der Waals surface area (Å²) >= 11 is 0. The average molecular weight is 913 g/mol. The first-order chi connectivity index (χ1) is 32.0. The summed E-state index contributed by atoms with van der Waals surface area (Å²) in [6.45, 7) is 4.84. The number of hydrogen-bond acceptors (Lipinski definition) is 5. The lowest BCUT2D eigenvalue weighted by Gasteiger charge is -2.20. The third kappa shape index (κ3) is 51.1. The maximum atomic E-state index is 12.4. The molecule has 3 N–H and O–H groups in total. The number of aliphatic hydroxyl groups is 2. The Morgan fingerprint density at radius 3 is 1.18 bits per heavy atom. The molecule has 0 heterocycles. The normalized spacial score (nSPS) is 13.0. The molecule has 0 saturated heterocycles. The molecule has 0 spiro atoms. The molecule has 65 heavy (non-hydrogen) atoms. The van der Waals surface area contributed by atoms with Gasteiger partial charge in [0.2, 0.25) is 5.91 Å². The molecule has 380 valence electrons. The Morgan fingerprint density at radius 1 is 0.431 bits per heavy atom. The van der Waals surface area contributed by atoms with Crippen LogP contribution < -0.4 is 5.32 Å². The number of aliphatic hydroxyl groups excluding tert-OH is 2. The zero-order valence-electron chi connectivity index (χ0n) is 43.2. The molecule has 2 unspecified atom stereocenters. The van der Waals surface area contributed by atoms with E-state index in [1.54, 1.807) is 6.08 Å². The number of esters is 1. The molecular weight excluding hydrogens is 803 g/mol. The third-order valence-electron chi connectivity index (χ3n) is 12.8. The van der Waals surface area contributed by atoms with Crippen LogP contribution in [0.5, 0.6) is 0 Å². The monoisotopic (exact) mass is 912 g/mol. The van der Waals surface area contributed by atoms with E-state index in [1.807, 2.05) is 6.08 Å². The smallest absolute Gasteiger partial charge is 0.305 e. The number of nitrogens with one attached hydrogen (secondary N) is 1. The van der Waals surface area contributed by atoms with E-state index in [0.717, 1.165) is 77.0 Å². The summed E-state index contributed by atoms with van der Waals surface area (Å²) in [6, 6.07) is -0.634. The average Bonchev–Trinajstić information content (AvgIpc) is 3.31. The predicted octanol–water partition coefficient (Wildman–Crippen LogP) is 17.4. The van der Waals surface area contributed by atoms with Crippen molar-refractivity contribution in [2.24, 2.45) is 0 Å². The number of ether oxygens (including phenoxy) is 1. The van der Waals surface area contributed by atoms with Crippen molar-refractivity contribution in [1.29, 1.82) is 0 Å². The standard InChI is InChI=1S/C59H109NO5/c1-3-5-7-9-11-13-15-16-17-18-20-24-27-30-33-37-41-45-49-53-59(64)65-54-50-46-42-38-34-31-28-25-22-19-21-23-26-29-32-36-40-44-48-52-58(63)60-56(55-61)57(62)51-47-43-39-35-14-12-10-8-6-4-2/h16-17,25,28,31,34,47,51,56-57,61-62H,3-15,18-24,26-27,29-30,32-33,35-46,48-50,52-55H2,1-2H3,(H,60,63)/b17-16-,28-25-,34-31-,51-47+. The topological polar surface area (TPSA) is 95.9 Å². The minimum Gasteiger partial charge on any atom is -0.466 e. The molecule has 0 aliphatic carbocycles. The lowest BCUT2D eigenvalue weighted by molar-refractivity contribution is -0.143. The summed E-state index contributed by atoms with van der Waals surface area (Å²) < 4.78 is 5.46. The lowest BCUT2D eigenvalue weighted by atomic mass is 10.0. The number of hydrogen-bond donors (Lipinski definition) is 3. The number of rotatable bonds is 52. The van der Waals surface area contributed by atoms with Crippen molar-refractivity contribution in [3.8, 4) is 0 Å². The number of allylic oxidation sites excluding steroid dienone is 7. The molecule has 2 atom stereocenters. The largest absolute Gasteiger partial charge is 0.466 e. The third-order valence-corrected chi connectivity index (χ3v) is 12.8. The van der Waals surface area contributed by atoms with Crippen LogP contribution in [-0.4, -0.2) is 47.4 Å². The molecule has 0 aromatic rings. The van der Waals surface area contributed by atoms with Crippen LogP contribution in [0.15, 0.2) is 48.6 Å². The first kappa shape index (κ1) is 62.8. The highest BCUT2D eigenvalue weighted by atomic mass is 16.5. The molecule has 0 aromatic heterocycles. The Kier molecular flexibility index (Phi) is 52.6. The van der Waals surface area contributed by atoms with Crippen LogP contribution in [0, 0.1) is 0 Å². The van der Waals surface area contributed by atoms with Crippen molar-refractivity contribution in [3.63, 3.8) is 0 Å². The van der Waals surface area contributed by atoms with Crippen molar-refractivity contribution >= 4 is 11.9 Å². The van der Waals surface area contributed by atoms with Gasteiger partial charge in [0.1, 0.15) is 0 Å². The quantitative estimate of drug-likeness (QED) is 0.0245. The summed E-state index contributed by atoms with van der Waals surface area (Å²) in [5.41, 5.74) is 0. The summed E-state index contributed by atoms with van der Waals surface area (Å²) in [7, 11) is 0. The van der Waals surface area contributed by atoms with Crippen LogP contribution in [0.25, 0.3) is 0 Å². The van der Waals surface area contributed by atoms with E-state index in [9.17, 15) is 19.8 Å². The second-order valence-corrected chi connectivity index (χ2v) is 19.3. The highest BCUT2D eigenvalue weighted by Gasteiger charge is 2.18. The summed E-state index contributed by atoms with van der Waals surface area (Å²) in [5, 5.41) is 22.9. The van der Waals surface area contributed by atoms with Crippen molar-refractivity contribution in [2.45, 2.75) is 302 Å². The molecule has 0 fully saturated rings. The Bertz CT molecular complexity index is 1100. The fraction of sp³-hybridized carbons (Fsp3) is 0.831. The van der Waals surface area contributed by atoms with E-state index in [0.29, 0.717) is 19.4 Å². The van der Waals surface area contributed by atoms with Gasteiger partial charge in [-0.15, -0.1) is 0 Å². The Labute approximate surface area is 404 Å². The van der Waals surface area contributed by atoms with E-state index in [4.69, 9.17) is 4.74 Å². The molecule has 6 nitrogen and oxygen atoms in total. The second kappa shape index (κ2) is 54.4. The molecule has 0 saturated carbocycles. The highest BCUT2D eigenvalue weighted by molar-refractivity contribution is 5.76. The minimum atomic E-state index is -0.850. The fourth-order valence-electron chi connectivity index (χ4n) is 8.44. The molecule has 1 amide bonds. The maximum Gasteiger partial charge on any atom is 0.305 e. The number of carbonyl (C=O) groups is 2. The van der Waals surface area contributed by atoms with Crippen LogP contribution in [0.2, 0.25) is 0 Å². The number of carbonyl (C=O) groups excluding carboxylic acids is 2. The van der Waals surface area contributed by atoms with Gasteiger partial charge in [0.25, 0.3) is 0 Å². The van der Waals surface area contributed by atoms with Crippen molar-refractivity contribution < 1.29 is 24.5 Å². The Morgan fingerprint density at radius 2 is 0.769 bits per heavy atom. The van der Waals surface area contributed by atoms with Crippen LogP contribution >= 0.6 is 0 Å². The van der Waals surface area contributed by atoms with Crippen molar-refractivity contribution in [1.82, 2.24) is 5.32 Å². The molecule has 0 aromatic carbocycles. The van der Waals surface area contributed by atoms with Crippen LogP contribution in [0.3, 0.4) is 0 Å². The Hall–Kier alpha value is -2.18. The number of unbranched alkanes of at least 4 members (excludes halogenated alkanes) is 36. The van der Waals surface area contributed by atoms with Gasteiger partial charge in [-0.3, -0.25) is 9.59 Å². The number of amides is 1. The molecular formula is C59H109NO5. The van der Waals surface area contributed by atoms with E-state index in [-0.39, 0.29) is 18.5 Å². The molecule has 0 bridgehead atoms. The van der Waals surface area contributed by atoms with E-state index >= 15 is 0 Å². The minimum absolute atomic E-state index is 0.0153. The second-order valence-electron chi connectivity index (χ2n) is 19.3. The van der Waals surface area contributed by atoms with Crippen molar-refractivity contribution in [2.75, 3.05) is 13.2 Å². The van der Waals surface area contributed by atoms with Crippen LogP contribution in [0.4, 0.5) is 0 Å². The van der Waals surface area contributed by atoms with Gasteiger partial charge < -0.3 is 20.3 Å². The lowest BCUT2D eigenvalue weighted by Crippen LogP contribution is -2.45. The van der Waals surface area contributed by atoms with Gasteiger partial charge in [-0.05, 0) is 89.9 Å². The van der Waals surface area contributed by atoms with Gasteiger partial charge in [0.05, 0.1) is 25.4 Å². The van der Waals surface area contributed by atoms with E-state index in [1.165, 1.54) is 186 Å². The van der Waals surface area contributed by atoms with E-state index in [2.05, 4.69) is 55.6 Å². The molecule has 0 aliphatic rings. The van der Waals surface area contributed by atoms with Gasteiger partial charge in [0, 0.05) is 12.8 Å². The van der Waals surface area contributed by atoms with Crippen molar-refractivity contribution in [3.05, 3.63) is 48.6 Å². The van der Waals surface area contributed by atoms with Gasteiger partial charge in [-0.1, -0.05) is 236 Å². The molecule has 6 heteroatoms. The zero-order valence-corrected chi connectivity index (χ0v) is 43.2. The summed E-state index contributed by atoms with van der Waals surface area (Å²) in [6.07, 6.45) is 68.5. The van der Waals surface area contributed by atoms with Gasteiger partial charge in [-0.25, -0.2) is 0 Å². The summed E-state index contributed by atoms with van der Waals surface area (Å²) in [5.74, 6) is -0.0960. The molecule has 0 aliphatic heterocycles. The Balaban J connectivity index is 3.47. The van der Waals surface area contributed by atoms with Gasteiger partial charge in [-0.2, -0.15) is 0 Å². The van der Waals surface area contributed by atoms with Gasteiger partial charge >= 0.3 is 5.97 Å². The predicted molar refractivity (Wildman–Crippen MR) is 282 cm³/mol. The summed E-state index contributed by atoms with van der Waals surface area (Å²) in [4.78, 5) is 24.5. The fourth-order valence-corrected chi connectivity index (χ4v) is 8.44. The molecule has 0 radical (unpaired) electrons. The van der Waals surface area contributed by atoms with Crippen LogP contribution in [0.1, 0.15) is 290 Å². The SMILES string of the molecule is CCCCCCCC/C=C\CCCCCCCCCCCC(=O)OCCCCC/C=C\C=C/CCCCCCCCCCCCC(=O)NC(CO)C(O)/C=C/CCCCCCCCCC.